The van der Waals surface area contributed by atoms with E-state index in [1.807, 2.05) is 20.8 Å². The van der Waals surface area contributed by atoms with Crippen LogP contribution >= 0.6 is 24.0 Å². The van der Waals surface area contributed by atoms with Gasteiger partial charge in [0.2, 0.25) is 10.0 Å². The van der Waals surface area contributed by atoms with E-state index in [1.54, 1.807) is 7.11 Å². The molecule has 1 aliphatic rings. The Hall–Kier alpha value is -0.130. The molecule has 9 heteroatoms. The molecule has 3 N–H and O–H groups in total. The maximum atomic E-state index is 11.5. The number of nitrogens with one attached hydrogen (secondary N) is 3. The number of rotatable bonds is 10. The van der Waals surface area contributed by atoms with Crippen molar-refractivity contribution in [2.24, 2.45) is 10.4 Å². The number of hydrogen-bond donors (Lipinski definition) is 3. The molecule has 0 aromatic heterocycles. The topological polar surface area (TPSA) is 91.8 Å². The molecule has 0 aromatic rings. The van der Waals surface area contributed by atoms with Crippen molar-refractivity contribution in [3.63, 3.8) is 0 Å². The van der Waals surface area contributed by atoms with Crippen LogP contribution in [0.4, 0.5) is 0 Å². The Bertz CT molecular complexity index is 532. The minimum absolute atomic E-state index is 0. The van der Waals surface area contributed by atoms with E-state index in [2.05, 4.69) is 20.3 Å². The normalized spacial score (nSPS) is 17.7. The molecular formula is C17H37IN4O3S. The second-order valence-electron chi connectivity index (χ2n) is 7.76. The Morgan fingerprint density at radius 2 is 1.85 bits per heavy atom. The molecule has 1 aliphatic carbocycles. The number of halogens is 1. The first kappa shape index (κ1) is 25.9. The predicted octanol–water partition coefficient (Wildman–Crippen LogP) is 2.08. The monoisotopic (exact) mass is 504 g/mol. The summed E-state index contributed by atoms with van der Waals surface area (Å²) < 4.78 is 30.8. The fraction of sp³-hybridized carbons (Fsp3) is 0.941. The third-order valence-corrected chi connectivity index (χ3v) is 5.49. The highest BCUT2D eigenvalue weighted by atomic mass is 127. The van der Waals surface area contributed by atoms with Crippen LogP contribution in [0.2, 0.25) is 0 Å². The number of guanidine groups is 1. The molecule has 0 bridgehead atoms. The number of hydrogen-bond acceptors (Lipinski definition) is 4. The third kappa shape index (κ3) is 10.3. The van der Waals surface area contributed by atoms with E-state index in [9.17, 15) is 8.42 Å². The van der Waals surface area contributed by atoms with Crippen molar-refractivity contribution >= 4 is 40.0 Å². The van der Waals surface area contributed by atoms with Crippen molar-refractivity contribution in [1.82, 2.24) is 15.4 Å². The van der Waals surface area contributed by atoms with Gasteiger partial charge < -0.3 is 15.4 Å². The molecule has 0 spiro atoms. The van der Waals surface area contributed by atoms with E-state index in [-0.39, 0.29) is 29.4 Å². The van der Waals surface area contributed by atoms with Gasteiger partial charge in [-0.15, -0.1) is 24.0 Å². The largest absolute Gasteiger partial charge is 0.385 e. The van der Waals surface area contributed by atoms with Gasteiger partial charge in [-0.3, -0.25) is 4.99 Å². The lowest BCUT2D eigenvalue weighted by atomic mass is 9.83. The molecule has 0 radical (unpaired) electrons. The molecule has 1 saturated carbocycles. The molecular weight excluding hydrogens is 467 g/mol. The molecule has 1 fully saturated rings. The summed E-state index contributed by atoms with van der Waals surface area (Å²) in [6.07, 6.45) is 7.18. The number of sulfonamides is 1. The van der Waals surface area contributed by atoms with Crippen LogP contribution in [0.3, 0.4) is 0 Å². The second kappa shape index (κ2) is 11.7. The zero-order chi connectivity index (χ0) is 19.0. The number of methoxy groups -OCH3 is 1. The van der Waals surface area contributed by atoms with E-state index in [1.165, 1.54) is 31.9 Å². The standard InChI is InChI=1S/C17H36N4O3S.HI/c1-6-18-15(19-13-16(2,3)21-25(5,22)23)20-14-17(11-12-24-4)9-7-8-10-17;/h21H,6-14H2,1-5H3,(H2,18,19,20);1H. The third-order valence-electron chi connectivity index (χ3n) is 4.57. The molecule has 7 nitrogen and oxygen atoms in total. The Labute approximate surface area is 176 Å². The van der Waals surface area contributed by atoms with Gasteiger partial charge in [-0.05, 0) is 45.4 Å². The van der Waals surface area contributed by atoms with Gasteiger partial charge >= 0.3 is 0 Å². The summed E-state index contributed by atoms with van der Waals surface area (Å²) in [5.41, 5.74) is -0.357. The van der Waals surface area contributed by atoms with E-state index >= 15 is 0 Å². The van der Waals surface area contributed by atoms with Crippen LogP contribution in [0.1, 0.15) is 52.9 Å². The fourth-order valence-corrected chi connectivity index (χ4v) is 4.45. The maximum Gasteiger partial charge on any atom is 0.209 e. The summed E-state index contributed by atoms with van der Waals surface area (Å²) in [6.45, 7) is 8.45. The summed E-state index contributed by atoms with van der Waals surface area (Å²) in [5, 5.41) is 6.70. The fourth-order valence-electron chi connectivity index (χ4n) is 3.38. The summed E-state index contributed by atoms with van der Waals surface area (Å²) in [4.78, 5) is 4.58. The Morgan fingerprint density at radius 3 is 2.35 bits per heavy atom. The van der Waals surface area contributed by atoms with Gasteiger partial charge in [0.1, 0.15) is 0 Å². The second-order valence-corrected chi connectivity index (χ2v) is 9.51. The molecule has 0 atom stereocenters. The number of ether oxygens (including phenoxy) is 1. The summed E-state index contributed by atoms with van der Waals surface area (Å²) in [5.74, 6) is 0.731. The van der Waals surface area contributed by atoms with Crippen molar-refractivity contribution in [3.05, 3.63) is 0 Å². The molecule has 0 saturated heterocycles. The maximum absolute atomic E-state index is 11.5. The van der Waals surface area contributed by atoms with Crippen molar-refractivity contribution in [1.29, 1.82) is 0 Å². The molecule has 0 unspecified atom stereocenters. The van der Waals surface area contributed by atoms with Gasteiger partial charge in [0.25, 0.3) is 0 Å². The van der Waals surface area contributed by atoms with Crippen molar-refractivity contribution in [2.45, 2.75) is 58.4 Å². The van der Waals surface area contributed by atoms with E-state index < -0.39 is 15.6 Å². The zero-order valence-corrected chi connectivity index (χ0v) is 20.0. The first-order chi connectivity index (χ1) is 11.6. The molecule has 1 rings (SSSR count). The Kier molecular flexibility index (Phi) is 11.6. The first-order valence-corrected chi connectivity index (χ1v) is 11.0. The minimum Gasteiger partial charge on any atom is -0.385 e. The molecule has 0 aromatic carbocycles. The van der Waals surface area contributed by atoms with Crippen LogP contribution in [0, 0.1) is 5.41 Å². The average molecular weight is 504 g/mol. The lowest BCUT2D eigenvalue weighted by Gasteiger charge is -2.30. The highest BCUT2D eigenvalue weighted by Gasteiger charge is 2.33. The van der Waals surface area contributed by atoms with Gasteiger partial charge in [0, 0.05) is 32.3 Å². The number of nitrogens with zero attached hydrogens (tertiary/aromatic N) is 1. The highest BCUT2D eigenvalue weighted by molar-refractivity contribution is 14.0. The lowest BCUT2D eigenvalue weighted by molar-refractivity contribution is 0.138. The van der Waals surface area contributed by atoms with Gasteiger partial charge in [-0.1, -0.05) is 12.8 Å². The van der Waals surface area contributed by atoms with Gasteiger partial charge in [-0.25, -0.2) is 13.1 Å². The smallest absolute Gasteiger partial charge is 0.209 e. The SMILES string of the molecule is CCNC(=NCC(C)(C)NS(C)(=O)=O)NCC1(CCOC)CCCC1.I. The number of aliphatic imine (C=N–C) groups is 1. The predicted molar refractivity (Wildman–Crippen MR) is 119 cm³/mol. The van der Waals surface area contributed by atoms with Crippen LogP contribution in [-0.4, -0.2) is 59.5 Å². The van der Waals surface area contributed by atoms with Crippen molar-refractivity contribution < 1.29 is 13.2 Å². The Balaban J connectivity index is 0.00000625. The summed E-state index contributed by atoms with van der Waals surface area (Å²) in [6, 6.07) is 0. The average Bonchev–Trinajstić information content (AvgIpc) is 2.95. The van der Waals surface area contributed by atoms with Crippen LogP contribution in [0.5, 0.6) is 0 Å². The summed E-state index contributed by atoms with van der Waals surface area (Å²) in [7, 11) is -1.51. The van der Waals surface area contributed by atoms with E-state index in [0.29, 0.717) is 6.54 Å². The van der Waals surface area contributed by atoms with Crippen molar-refractivity contribution in [2.75, 3.05) is 39.6 Å². The first-order valence-electron chi connectivity index (χ1n) is 9.11. The lowest BCUT2D eigenvalue weighted by Crippen LogP contribution is -2.47. The van der Waals surface area contributed by atoms with Crippen molar-refractivity contribution in [3.8, 4) is 0 Å². The van der Waals surface area contributed by atoms with E-state index in [4.69, 9.17) is 4.74 Å². The molecule has 156 valence electrons. The van der Waals surface area contributed by atoms with Crippen LogP contribution < -0.4 is 15.4 Å². The molecule has 26 heavy (non-hydrogen) atoms. The van der Waals surface area contributed by atoms with Gasteiger partial charge in [-0.2, -0.15) is 0 Å². The Morgan fingerprint density at radius 1 is 1.23 bits per heavy atom. The molecule has 0 heterocycles. The highest BCUT2D eigenvalue weighted by Crippen LogP contribution is 2.40. The summed E-state index contributed by atoms with van der Waals surface area (Å²) >= 11 is 0. The quantitative estimate of drug-likeness (QED) is 0.241. The molecule has 0 aliphatic heterocycles. The van der Waals surface area contributed by atoms with Crippen LogP contribution in [0.15, 0.2) is 4.99 Å². The van der Waals surface area contributed by atoms with Gasteiger partial charge in [0.05, 0.1) is 12.8 Å². The minimum atomic E-state index is -3.26. The van der Waals surface area contributed by atoms with Gasteiger partial charge in [0.15, 0.2) is 5.96 Å². The van der Waals surface area contributed by atoms with Crippen LogP contribution in [-0.2, 0) is 14.8 Å². The zero-order valence-electron chi connectivity index (χ0n) is 16.9. The van der Waals surface area contributed by atoms with Crippen LogP contribution in [0.25, 0.3) is 0 Å². The molecule has 0 amide bonds. The van der Waals surface area contributed by atoms with E-state index in [0.717, 1.165) is 32.1 Å².